The number of amides is 2. The van der Waals surface area contributed by atoms with Crippen LogP contribution in [0.5, 0.6) is 5.75 Å². The van der Waals surface area contributed by atoms with E-state index in [2.05, 4.69) is 19.2 Å². The molecule has 0 bridgehead atoms. The lowest BCUT2D eigenvalue weighted by molar-refractivity contribution is 0.206. The second-order valence-corrected chi connectivity index (χ2v) is 5.48. The van der Waals surface area contributed by atoms with Gasteiger partial charge in [-0.05, 0) is 36.5 Å². The van der Waals surface area contributed by atoms with Crippen LogP contribution in [0.1, 0.15) is 32.3 Å². The third-order valence-electron chi connectivity index (χ3n) is 3.14. The van der Waals surface area contributed by atoms with Gasteiger partial charge in [-0.1, -0.05) is 26.0 Å². The molecule has 0 aliphatic heterocycles. The van der Waals surface area contributed by atoms with Crippen LogP contribution in [-0.2, 0) is 6.54 Å². The Morgan fingerprint density at radius 2 is 2.15 bits per heavy atom. The van der Waals surface area contributed by atoms with E-state index in [0.29, 0.717) is 12.5 Å². The molecule has 0 unspecified atom stereocenters. The molecule has 1 aromatic rings. The van der Waals surface area contributed by atoms with Crippen LogP contribution in [0.3, 0.4) is 0 Å². The first-order valence-corrected chi connectivity index (χ1v) is 7.14. The average Bonchev–Trinajstić information content (AvgIpc) is 2.43. The van der Waals surface area contributed by atoms with E-state index in [1.807, 2.05) is 24.3 Å². The molecular formula is C16H26N2O2. The first kappa shape index (κ1) is 16.3. The van der Waals surface area contributed by atoms with Gasteiger partial charge in [0.05, 0.1) is 7.11 Å². The summed E-state index contributed by atoms with van der Waals surface area (Å²) < 4.78 is 5.18. The van der Waals surface area contributed by atoms with Crippen molar-refractivity contribution in [3.8, 4) is 5.75 Å². The van der Waals surface area contributed by atoms with Crippen molar-refractivity contribution in [2.75, 3.05) is 20.7 Å². The highest BCUT2D eigenvalue weighted by atomic mass is 16.5. The summed E-state index contributed by atoms with van der Waals surface area (Å²) in [7, 11) is 3.45. The molecule has 2 amide bonds. The van der Waals surface area contributed by atoms with Crippen molar-refractivity contribution < 1.29 is 9.53 Å². The molecule has 0 aromatic heterocycles. The summed E-state index contributed by atoms with van der Waals surface area (Å²) in [6.45, 7) is 5.69. The predicted molar refractivity (Wildman–Crippen MR) is 81.9 cm³/mol. The standard InChI is InChI=1S/C16H26N2O2/c1-13(2)7-6-10-17-16(19)18(3)12-14-8-5-9-15(11-14)20-4/h5,8-9,11,13H,6-7,10,12H2,1-4H3,(H,17,19). The van der Waals surface area contributed by atoms with Crippen molar-refractivity contribution in [3.63, 3.8) is 0 Å². The zero-order valence-electron chi connectivity index (χ0n) is 13.0. The third kappa shape index (κ3) is 5.95. The molecule has 0 heterocycles. The summed E-state index contributed by atoms with van der Waals surface area (Å²) in [4.78, 5) is 13.6. The van der Waals surface area contributed by atoms with Crippen molar-refractivity contribution in [1.29, 1.82) is 0 Å². The molecule has 1 aromatic carbocycles. The van der Waals surface area contributed by atoms with Gasteiger partial charge in [0.25, 0.3) is 0 Å². The van der Waals surface area contributed by atoms with Gasteiger partial charge in [-0.3, -0.25) is 0 Å². The highest BCUT2D eigenvalue weighted by Gasteiger charge is 2.08. The molecule has 4 heteroatoms. The van der Waals surface area contributed by atoms with Crippen LogP contribution in [-0.4, -0.2) is 31.6 Å². The van der Waals surface area contributed by atoms with Crippen molar-refractivity contribution in [2.24, 2.45) is 5.92 Å². The molecule has 0 aliphatic carbocycles. The van der Waals surface area contributed by atoms with Crippen molar-refractivity contribution >= 4 is 6.03 Å². The van der Waals surface area contributed by atoms with Crippen LogP contribution in [0.15, 0.2) is 24.3 Å². The minimum atomic E-state index is -0.0309. The lowest BCUT2D eigenvalue weighted by Crippen LogP contribution is -2.37. The number of methoxy groups -OCH3 is 1. The number of carbonyl (C=O) groups excluding carboxylic acids is 1. The van der Waals surface area contributed by atoms with Crippen LogP contribution >= 0.6 is 0 Å². The number of nitrogens with zero attached hydrogens (tertiary/aromatic N) is 1. The first-order chi connectivity index (χ1) is 9.52. The van der Waals surface area contributed by atoms with E-state index in [4.69, 9.17) is 4.74 Å². The number of hydrogen-bond acceptors (Lipinski definition) is 2. The fourth-order valence-corrected chi connectivity index (χ4v) is 1.96. The van der Waals surface area contributed by atoms with Crippen molar-refractivity contribution in [3.05, 3.63) is 29.8 Å². The quantitative estimate of drug-likeness (QED) is 0.778. The van der Waals surface area contributed by atoms with Gasteiger partial charge in [-0.25, -0.2) is 4.79 Å². The highest BCUT2D eigenvalue weighted by molar-refractivity contribution is 5.73. The Kier molecular flexibility index (Phi) is 6.91. The Morgan fingerprint density at radius 1 is 1.40 bits per heavy atom. The lowest BCUT2D eigenvalue weighted by atomic mass is 10.1. The van der Waals surface area contributed by atoms with Gasteiger partial charge in [0.1, 0.15) is 5.75 Å². The third-order valence-corrected chi connectivity index (χ3v) is 3.14. The summed E-state index contributed by atoms with van der Waals surface area (Å²) in [5, 5.41) is 2.94. The van der Waals surface area contributed by atoms with Crippen LogP contribution in [0.25, 0.3) is 0 Å². The molecule has 112 valence electrons. The Hall–Kier alpha value is -1.71. The minimum Gasteiger partial charge on any atom is -0.497 e. The molecule has 0 spiro atoms. The predicted octanol–water partition coefficient (Wildman–Crippen LogP) is 3.27. The van der Waals surface area contributed by atoms with E-state index in [1.54, 1.807) is 19.1 Å². The molecule has 1 rings (SSSR count). The number of hydrogen-bond donors (Lipinski definition) is 1. The van der Waals surface area contributed by atoms with Gasteiger partial charge >= 0.3 is 6.03 Å². The molecule has 0 saturated heterocycles. The Bertz CT molecular complexity index is 419. The number of urea groups is 1. The van der Waals surface area contributed by atoms with Gasteiger partial charge in [0.2, 0.25) is 0 Å². The summed E-state index contributed by atoms with van der Waals surface area (Å²) in [6.07, 6.45) is 2.16. The maximum atomic E-state index is 11.9. The van der Waals surface area contributed by atoms with Gasteiger partial charge in [-0.2, -0.15) is 0 Å². The number of ether oxygens (including phenoxy) is 1. The molecular weight excluding hydrogens is 252 g/mol. The molecule has 20 heavy (non-hydrogen) atoms. The summed E-state index contributed by atoms with van der Waals surface area (Å²) in [6, 6.07) is 7.74. The topological polar surface area (TPSA) is 41.6 Å². The van der Waals surface area contributed by atoms with E-state index >= 15 is 0 Å². The molecule has 0 aliphatic rings. The fourth-order valence-electron chi connectivity index (χ4n) is 1.96. The molecule has 0 saturated carbocycles. The van der Waals surface area contributed by atoms with Crippen molar-refractivity contribution in [2.45, 2.75) is 33.2 Å². The van der Waals surface area contributed by atoms with E-state index in [0.717, 1.165) is 30.7 Å². The summed E-state index contributed by atoms with van der Waals surface area (Å²) in [5.41, 5.74) is 1.06. The van der Waals surface area contributed by atoms with E-state index in [-0.39, 0.29) is 6.03 Å². The lowest BCUT2D eigenvalue weighted by Gasteiger charge is -2.18. The number of nitrogens with one attached hydrogen (secondary N) is 1. The fraction of sp³-hybridized carbons (Fsp3) is 0.562. The molecule has 0 radical (unpaired) electrons. The van der Waals surface area contributed by atoms with Gasteiger partial charge in [-0.15, -0.1) is 0 Å². The number of benzene rings is 1. The SMILES string of the molecule is COc1cccc(CN(C)C(=O)NCCCC(C)C)c1. The van der Waals surface area contributed by atoms with Crippen LogP contribution < -0.4 is 10.1 Å². The largest absolute Gasteiger partial charge is 0.497 e. The van der Waals surface area contributed by atoms with Gasteiger partial charge < -0.3 is 15.0 Å². The first-order valence-electron chi connectivity index (χ1n) is 7.14. The highest BCUT2D eigenvalue weighted by Crippen LogP contribution is 2.13. The smallest absolute Gasteiger partial charge is 0.317 e. The Balaban J connectivity index is 2.37. The monoisotopic (exact) mass is 278 g/mol. The maximum absolute atomic E-state index is 11.9. The maximum Gasteiger partial charge on any atom is 0.317 e. The van der Waals surface area contributed by atoms with Gasteiger partial charge in [0.15, 0.2) is 0 Å². The van der Waals surface area contributed by atoms with E-state index in [9.17, 15) is 4.79 Å². The zero-order chi connectivity index (χ0) is 15.0. The van der Waals surface area contributed by atoms with Crippen molar-refractivity contribution in [1.82, 2.24) is 10.2 Å². The Labute approximate surface area is 122 Å². The van der Waals surface area contributed by atoms with Crippen LogP contribution in [0, 0.1) is 5.92 Å². The minimum absolute atomic E-state index is 0.0309. The second kappa shape index (κ2) is 8.46. The van der Waals surface area contributed by atoms with E-state index in [1.165, 1.54) is 0 Å². The Morgan fingerprint density at radius 3 is 2.80 bits per heavy atom. The summed E-state index contributed by atoms with van der Waals surface area (Å²) >= 11 is 0. The van der Waals surface area contributed by atoms with E-state index < -0.39 is 0 Å². The molecule has 0 atom stereocenters. The molecule has 1 N–H and O–H groups in total. The van der Waals surface area contributed by atoms with Crippen LogP contribution in [0.4, 0.5) is 4.79 Å². The van der Waals surface area contributed by atoms with Gasteiger partial charge in [0, 0.05) is 20.1 Å². The average molecular weight is 278 g/mol. The molecule has 0 fully saturated rings. The number of rotatable bonds is 7. The van der Waals surface area contributed by atoms with Crippen LogP contribution in [0.2, 0.25) is 0 Å². The number of carbonyl (C=O) groups is 1. The molecule has 4 nitrogen and oxygen atoms in total. The summed E-state index contributed by atoms with van der Waals surface area (Å²) in [5.74, 6) is 1.50. The second-order valence-electron chi connectivity index (χ2n) is 5.48. The zero-order valence-corrected chi connectivity index (χ0v) is 13.0. The normalized spacial score (nSPS) is 10.4.